The molecule has 1 atom stereocenters. The number of nitrogens with zero attached hydrogens (tertiary/aromatic N) is 3. The zero-order chi connectivity index (χ0) is 33.1. The van der Waals surface area contributed by atoms with Gasteiger partial charge in [0.1, 0.15) is 18.1 Å². The third kappa shape index (κ3) is 7.27. The van der Waals surface area contributed by atoms with Gasteiger partial charge in [-0.25, -0.2) is 0 Å². The number of halogens is 1. The number of carbonyl (C=O) groups is 2. The van der Waals surface area contributed by atoms with Crippen molar-refractivity contribution in [3.63, 3.8) is 0 Å². The first-order valence-electron chi connectivity index (χ1n) is 15.1. The van der Waals surface area contributed by atoms with Gasteiger partial charge in [-0.1, -0.05) is 115 Å². The zero-order valence-electron chi connectivity index (χ0n) is 26.0. The zero-order valence-corrected chi connectivity index (χ0v) is 28.4. The summed E-state index contributed by atoms with van der Waals surface area (Å²) in [5, 5.41) is 21.2. The number of aliphatic hydroxyl groups is 1. The van der Waals surface area contributed by atoms with Crippen molar-refractivity contribution in [1.29, 1.82) is 0 Å². The minimum Gasteiger partial charge on any atom is -0.507 e. The van der Waals surface area contributed by atoms with Crippen molar-refractivity contribution in [3.8, 4) is 5.75 Å². The summed E-state index contributed by atoms with van der Waals surface area (Å²) in [4.78, 5) is 28.7. The number of ketones is 1. The van der Waals surface area contributed by atoms with Crippen LogP contribution in [0.5, 0.6) is 5.75 Å². The molecule has 6 rings (SSSR count). The molecule has 2 heterocycles. The third-order valence-corrected chi connectivity index (χ3v) is 10.2. The molecule has 1 saturated heterocycles. The highest BCUT2D eigenvalue weighted by Gasteiger charge is 2.48. The second-order valence-electron chi connectivity index (χ2n) is 11.6. The van der Waals surface area contributed by atoms with Crippen LogP contribution in [0, 0.1) is 6.92 Å². The lowest BCUT2D eigenvalue weighted by Gasteiger charge is -2.23. The van der Waals surface area contributed by atoms with Crippen LogP contribution >= 0.6 is 34.7 Å². The molecule has 0 radical (unpaired) electrons. The standard InChI is InChI=1S/C37H32ClN3O4S2/c1-22(2)26-9-11-27(12-10-26)32-31(33(42)28-13-17-30(18-14-28)45-20-25-6-4-5-23(3)19-25)34(43)35(44)41(32)36-39-40-37(47-36)46-21-24-7-15-29(38)16-8-24/h4-19,22,32,42H,20-21H2,1-3H3. The molecular weight excluding hydrogens is 650 g/mol. The summed E-state index contributed by atoms with van der Waals surface area (Å²) in [5.74, 6) is -0.281. The number of carbonyl (C=O) groups excluding carboxylic acids is 2. The molecule has 0 saturated carbocycles. The predicted octanol–water partition coefficient (Wildman–Crippen LogP) is 9.12. The number of ether oxygens (including phenoxy) is 1. The lowest BCUT2D eigenvalue weighted by atomic mass is 9.93. The Hall–Kier alpha value is -4.44. The van der Waals surface area contributed by atoms with Gasteiger partial charge in [0, 0.05) is 16.3 Å². The topological polar surface area (TPSA) is 92.6 Å². The summed E-state index contributed by atoms with van der Waals surface area (Å²) in [6, 6.07) is 29.3. The molecule has 5 aromatic rings. The highest BCUT2D eigenvalue weighted by atomic mass is 35.5. The van der Waals surface area contributed by atoms with E-state index in [0.717, 1.165) is 22.3 Å². The summed E-state index contributed by atoms with van der Waals surface area (Å²) >= 11 is 8.72. The van der Waals surface area contributed by atoms with E-state index in [9.17, 15) is 14.7 Å². The van der Waals surface area contributed by atoms with Gasteiger partial charge in [-0.15, -0.1) is 10.2 Å². The maximum Gasteiger partial charge on any atom is 0.301 e. The fraction of sp³-hybridized carbons (Fsp3) is 0.189. The first-order valence-corrected chi connectivity index (χ1v) is 17.3. The summed E-state index contributed by atoms with van der Waals surface area (Å²) in [6.45, 7) is 6.62. The molecule has 1 unspecified atom stereocenters. The molecule has 10 heteroatoms. The van der Waals surface area contributed by atoms with Crippen molar-refractivity contribution in [1.82, 2.24) is 10.2 Å². The molecule has 1 N–H and O–H groups in total. The quantitative estimate of drug-likeness (QED) is 0.0517. The van der Waals surface area contributed by atoms with Gasteiger partial charge in [0.2, 0.25) is 5.13 Å². The van der Waals surface area contributed by atoms with Gasteiger partial charge in [-0.3, -0.25) is 14.5 Å². The molecule has 1 amide bonds. The van der Waals surface area contributed by atoms with Gasteiger partial charge < -0.3 is 9.84 Å². The normalized spacial score (nSPS) is 15.9. The van der Waals surface area contributed by atoms with Crippen LogP contribution < -0.4 is 9.64 Å². The first-order chi connectivity index (χ1) is 22.7. The summed E-state index contributed by atoms with van der Waals surface area (Å²) in [5.41, 5.74) is 5.44. The second-order valence-corrected chi connectivity index (χ2v) is 14.2. The first kappa shape index (κ1) is 32.5. The summed E-state index contributed by atoms with van der Waals surface area (Å²) in [6.07, 6.45) is 0. The van der Waals surface area contributed by atoms with Crippen molar-refractivity contribution in [2.45, 2.75) is 49.4 Å². The SMILES string of the molecule is Cc1cccc(COc2ccc(C(O)=C3C(=O)C(=O)N(c4nnc(SCc5ccc(Cl)cc5)s4)C3c3ccc(C(C)C)cc3)cc2)c1. The van der Waals surface area contributed by atoms with E-state index in [1.165, 1.54) is 28.0 Å². The lowest BCUT2D eigenvalue weighted by Crippen LogP contribution is -2.29. The Morgan fingerprint density at radius 3 is 2.36 bits per heavy atom. The van der Waals surface area contributed by atoms with Gasteiger partial charge in [-0.2, -0.15) is 0 Å². The number of aromatic nitrogens is 2. The molecule has 1 aliphatic heterocycles. The van der Waals surface area contributed by atoms with Crippen LogP contribution in [0.15, 0.2) is 107 Å². The highest BCUT2D eigenvalue weighted by molar-refractivity contribution is 8.00. The van der Waals surface area contributed by atoms with E-state index in [2.05, 4.69) is 30.1 Å². The van der Waals surface area contributed by atoms with Crippen molar-refractivity contribution in [2.75, 3.05) is 4.90 Å². The fourth-order valence-corrected chi connectivity index (χ4v) is 7.27. The number of anilines is 1. The average molecular weight is 682 g/mol. The molecule has 0 bridgehead atoms. The smallest absolute Gasteiger partial charge is 0.301 e. The van der Waals surface area contributed by atoms with E-state index in [0.29, 0.717) is 44.5 Å². The maximum atomic E-state index is 13.7. The highest BCUT2D eigenvalue weighted by Crippen LogP contribution is 2.44. The Bertz CT molecular complexity index is 1940. The number of thioether (sulfide) groups is 1. The predicted molar refractivity (Wildman–Crippen MR) is 188 cm³/mol. The molecule has 7 nitrogen and oxygen atoms in total. The Labute approximate surface area is 286 Å². The van der Waals surface area contributed by atoms with Crippen molar-refractivity contribution in [3.05, 3.63) is 141 Å². The Kier molecular flexibility index (Phi) is 9.77. The number of amides is 1. The van der Waals surface area contributed by atoms with Crippen molar-refractivity contribution >= 4 is 57.3 Å². The number of Topliss-reactive ketones (excluding diaryl/α,β-unsaturated/α-hetero) is 1. The molecule has 0 spiro atoms. The molecule has 1 aromatic heterocycles. The summed E-state index contributed by atoms with van der Waals surface area (Å²) < 4.78 is 6.59. The van der Waals surface area contributed by atoms with E-state index < -0.39 is 17.7 Å². The fourth-order valence-electron chi connectivity index (χ4n) is 5.33. The minimum atomic E-state index is -0.893. The monoisotopic (exact) mass is 681 g/mol. The van der Waals surface area contributed by atoms with Crippen LogP contribution in [0.1, 0.15) is 59.2 Å². The van der Waals surface area contributed by atoms with Crippen LogP contribution in [-0.2, 0) is 21.9 Å². The van der Waals surface area contributed by atoms with Gasteiger partial charge in [0.25, 0.3) is 5.78 Å². The van der Waals surface area contributed by atoms with E-state index in [1.54, 1.807) is 24.3 Å². The molecule has 1 fully saturated rings. The number of rotatable bonds is 10. The Morgan fingerprint density at radius 1 is 0.957 bits per heavy atom. The van der Waals surface area contributed by atoms with Crippen LogP contribution in [0.2, 0.25) is 5.02 Å². The average Bonchev–Trinajstić information content (AvgIpc) is 3.65. The van der Waals surface area contributed by atoms with Crippen molar-refractivity contribution in [2.24, 2.45) is 0 Å². The van der Waals surface area contributed by atoms with Crippen LogP contribution in [-0.4, -0.2) is 27.0 Å². The largest absolute Gasteiger partial charge is 0.507 e. The van der Waals surface area contributed by atoms with Crippen molar-refractivity contribution < 1.29 is 19.4 Å². The Balaban J connectivity index is 1.31. The number of aliphatic hydroxyl groups excluding tert-OH is 1. The van der Waals surface area contributed by atoms with Gasteiger partial charge in [0.05, 0.1) is 11.6 Å². The summed E-state index contributed by atoms with van der Waals surface area (Å²) in [7, 11) is 0. The molecule has 238 valence electrons. The molecule has 0 aliphatic carbocycles. The van der Waals surface area contributed by atoms with Gasteiger partial charge in [-0.05, 0) is 71.5 Å². The Morgan fingerprint density at radius 2 is 1.68 bits per heavy atom. The maximum absolute atomic E-state index is 13.7. The van der Waals surface area contributed by atoms with E-state index in [1.807, 2.05) is 73.7 Å². The lowest BCUT2D eigenvalue weighted by molar-refractivity contribution is -0.132. The molecule has 47 heavy (non-hydrogen) atoms. The number of aryl methyl sites for hydroxylation is 1. The van der Waals surface area contributed by atoms with Gasteiger partial charge in [0.15, 0.2) is 4.34 Å². The van der Waals surface area contributed by atoms with Gasteiger partial charge >= 0.3 is 5.91 Å². The number of benzene rings is 4. The van der Waals surface area contributed by atoms with E-state index in [4.69, 9.17) is 16.3 Å². The third-order valence-electron chi connectivity index (χ3n) is 7.86. The van der Waals surface area contributed by atoms with E-state index >= 15 is 0 Å². The molecule has 1 aliphatic rings. The van der Waals surface area contributed by atoms with Crippen LogP contribution in [0.25, 0.3) is 5.76 Å². The minimum absolute atomic E-state index is 0.00806. The molecular formula is C37H32ClN3O4S2. The van der Waals surface area contributed by atoms with Crippen LogP contribution in [0.3, 0.4) is 0 Å². The molecule has 4 aromatic carbocycles. The number of hydrogen-bond donors (Lipinski definition) is 1. The van der Waals surface area contributed by atoms with Crippen LogP contribution in [0.4, 0.5) is 5.13 Å². The number of hydrogen-bond acceptors (Lipinski definition) is 8. The second kappa shape index (κ2) is 14.1. The van der Waals surface area contributed by atoms with E-state index in [-0.39, 0.29) is 16.5 Å².